The molecule has 11 heteroatoms. The number of nitrogens with zero attached hydrogens (tertiary/aromatic N) is 2. The number of ether oxygens (including phenoxy) is 1. The van der Waals surface area contributed by atoms with Gasteiger partial charge < -0.3 is 19.6 Å². The Balaban J connectivity index is 1.82. The van der Waals surface area contributed by atoms with E-state index in [1.54, 1.807) is 32.1 Å². The summed E-state index contributed by atoms with van der Waals surface area (Å²) in [6.07, 6.45) is 3.85. The number of rotatable bonds is 5. The van der Waals surface area contributed by atoms with Gasteiger partial charge in [0.2, 0.25) is 0 Å². The molecule has 0 radical (unpaired) electrons. The third-order valence-electron chi connectivity index (χ3n) is 7.10. The highest BCUT2D eigenvalue weighted by atomic mass is 32.2. The predicted molar refractivity (Wildman–Crippen MR) is 153 cm³/mol. The second-order valence-electron chi connectivity index (χ2n) is 11.0. The van der Waals surface area contributed by atoms with Crippen LogP contribution >= 0.6 is 0 Å². The van der Waals surface area contributed by atoms with E-state index in [-0.39, 0.29) is 75.2 Å². The second kappa shape index (κ2) is 10.4. The van der Waals surface area contributed by atoms with Crippen molar-refractivity contribution in [1.82, 2.24) is 4.98 Å². The van der Waals surface area contributed by atoms with Crippen LogP contribution < -0.4 is 15.0 Å². The molecule has 5 rings (SSSR count). The molecular weight excluding hydrogens is 549 g/mol. The number of aromatic hydroxyl groups is 1. The lowest BCUT2D eigenvalue weighted by atomic mass is 9.88. The van der Waals surface area contributed by atoms with Crippen molar-refractivity contribution in [3.05, 3.63) is 87.9 Å². The monoisotopic (exact) mass is 581 g/mol. The van der Waals surface area contributed by atoms with Crippen LogP contribution in [0.3, 0.4) is 0 Å². The molecule has 0 bridgehead atoms. The van der Waals surface area contributed by atoms with Crippen molar-refractivity contribution in [2.75, 3.05) is 22.6 Å². The number of hydrogen-bond donors (Lipinski definition) is 2. The lowest BCUT2D eigenvalue weighted by Gasteiger charge is -2.37. The first-order valence-electron chi connectivity index (χ1n) is 13.2. The van der Waals surface area contributed by atoms with Crippen molar-refractivity contribution in [1.29, 1.82) is 0 Å². The number of carbonyl (C=O) groups is 1. The van der Waals surface area contributed by atoms with Gasteiger partial charge in [0.15, 0.2) is 21.4 Å². The van der Waals surface area contributed by atoms with E-state index in [4.69, 9.17) is 9.15 Å². The number of halogens is 1. The first-order chi connectivity index (χ1) is 19.3. The fourth-order valence-electron chi connectivity index (χ4n) is 5.51. The second-order valence-corrected chi connectivity index (χ2v) is 13.0. The molecule has 2 N–H and O–H groups in total. The summed E-state index contributed by atoms with van der Waals surface area (Å²) in [5, 5.41) is 14.0. The number of carbonyl (C=O) groups excluding carboxylic acids is 1. The summed E-state index contributed by atoms with van der Waals surface area (Å²) in [6, 6.07) is 7.25. The van der Waals surface area contributed by atoms with Gasteiger partial charge in [0, 0.05) is 24.3 Å². The van der Waals surface area contributed by atoms with E-state index in [1.165, 1.54) is 35.2 Å². The molecule has 0 fully saturated rings. The highest BCUT2D eigenvalue weighted by molar-refractivity contribution is 7.95. The number of aromatic nitrogens is 1. The van der Waals surface area contributed by atoms with E-state index < -0.39 is 33.0 Å². The van der Waals surface area contributed by atoms with Crippen molar-refractivity contribution in [3.8, 4) is 11.5 Å². The Hall–Kier alpha value is -4.12. The molecule has 0 spiro atoms. The van der Waals surface area contributed by atoms with Crippen LogP contribution in [0.1, 0.15) is 60.9 Å². The molecule has 41 heavy (non-hydrogen) atoms. The van der Waals surface area contributed by atoms with Crippen LogP contribution in [-0.2, 0) is 9.84 Å². The molecule has 216 valence electrons. The minimum atomic E-state index is -4.05. The Morgan fingerprint density at radius 1 is 1.29 bits per heavy atom. The maximum Gasteiger partial charge on any atom is 0.281 e. The molecule has 1 amide bonds. The van der Waals surface area contributed by atoms with Gasteiger partial charge in [-0.1, -0.05) is 32.1 Å². The average Bonchev–Trinajstić information content (AvgIpc) is 3.13. The molecule has 9 nitrogen and oxygen atoms in total. The van der Waals surface area contributed by atoms with Gasteiger partial charge in [-0.15, -0.1) is 0 Å². The number of fused-ring (bicyclic) bond motifs is 1. The molecule has 1 aromatic heterocycles. The molecule has 2 aliphatic rings. The molecule has 1 atom stereocenters. The van der Waals surface area contributed by atoms with Gasteiger partial charge in [-0.3, -0.25) is 9.69 Å². The average molecular weight is 582 g/mol. The zero-order chi connectivity index (χ0) is 29.7. The number of sulfone groups is 1. The number of oxazole rings is 1. The third-order valence-corrected chi connectivity index (χ3v) is 9.41. The molecule has 2 aliphatic heterocycles. The van der Waals surface area contributed by atoms with Gasteiger partial charge in [0.05, 0.1) is 16.3 Å². The van der Waals surface area contributed by atoms with Crippen LogP contribution in [0.2, 0.25) is 0 Å². The number of aryl methyl sites for hydroxylation is 2. The lowest BCUT2D eigenvalue weighted by Crippen LogP contribution is -2.41. The quantitative estimate of drug-likeness (QED) is 0.280. The maximum absolute atomic E-state index is 16.1. The number of allylic oxidation sites excluding steroid dienone is 2. The number of anilines is 2. The summed E-state index contributed by atoms with van der Waals surface area (Å²) < 4.78 is 55.3. The van der Waals surface area contributed by atoms with Crippen LogP contribution in [0.5, 0.6) is 11.5 Å². The van der Waals surface area contributed by atoms with Crippen LogP contribution in [0.25, 0.3) is 0 Å². The van der Waals surface area contributed by atoms with Gasteiger partial charge in [0.25, 0.3) is 5.91 Å². The number of phenols is 1. The van der Waals surface area contributed by atoms with Crippen molar-refractivity contribution in [2.45, 2.75) is 47.1 Å². The Labute approximate surface area is 238 Å². The van der Waals surface area contributed by atoms with E-state index in [0.717, 1.165) is 0 Å². The van der Waals surface area contributed by atoms with Crippen LogP contribution in [0, 0.1) is 25.1 Å². The highest BCUT2D eigenvalue weighted by Gasteiger charge is 2.48. The number of amides is 1. The lowest BCUT2D eigenvalue weighted by molar-refractivity contribution is 0.0974. The zero-order valence-corrected chi connectivity index (χ0v) is 24.3. The van der Waals surface area contributed by atoms with E-state index in [0.29, 0.717) is 0 Å². The van der Waals surface area contributed by atoms with Crippen molar-refractivity contribution >= 4 is 27.1 Å². The van der Waals surface area contributed by atoms with Crippen molar-refractivity contribution < 1.29 is 31.9 Å². The molecule has 1 unspecified atom stereocenters. The minimum absolute atomic E-state index is 0.0499. The summed E-state index contributed by atoms with van der Waals surface area (Å²) in [6.45, 7) is 8.87. The van der Waals surface area contributed by atoms with Crippen LogP contribution in [0.15, 0.2) is 63.6 Å². The fourth-order valence-corrected chi connectivity index (χ4v) is 7.87. The molecule has 0 saturated carbocycles. The molecule has 2 aromatic carbocycles. The summed E-state index contributed by atoms with van der Waals surface area (Å²) >= 11 is 0. The molecule has 0 saturated heterocycles. The van der Waals surface area contributed by atoms with E-state index in [9.17, 15) is 18.3 Å². The molecule has 3 aromatic rings. The number of benzene rings is 2. The standard InChI is InChI=1S/C30H32FN3O6S/c1-6-7-13-39-19-11-12-20(21(31)14-19)27-28-22(15-30(4,5)16-41(28,37)38)33-26-23(9-8-10-24(26)35)34(27)29(36)25-17(2)40-18(3)32-25/h6-12,14,27,33,35H,13,15-16H2,1-5H3/b7-6+. The largest absolute Gasteiger partial charge is 0.506 e. The molecule has 0 aliphatic carbocycles. The minimum Gasteiger partial charge on any atom is -0.506 e. The number of nitrogens with one attached hydrogen (secondary N) is 1. The van der Waals surface area contributed by atoms with E-state index in [1.807, 2.05) is 20.8 Å². The summed E-state index contributed by atoms with van der Waals surface area (Å²) in [7, 11) is -4.05. The normalized spacial score (nSPS) is 19.4. The Morgan fingerprint density at radius 2 is 2.05 bits per heavy atom. The summed E-state index contributed by atoms with van der Waals surface area (Å²) in [5.74, 6) is -1.16. The van der Waals surface area contributed by atoms with Gasteiger partial charge in [-0.25, -0.2) is 17.8 Å². The molecule has 3 heterocycles. The SMILES string of the molecule is C/C=C/COc1ccc(C2C3=C(CC(C)(C)CS3(=O)=O)Nc3c(O)cccc3N2C(=O)c2nc(C)oc2C)c(F)c1. The Morgan fingerprint density at radius 3 is 2.71 bits per heavy atom. The number of hydrogen-bond acceptors (Lipinski definition) is 8. The predicted octanol–water partition coefficient (Wildman–Crippen LogP) is 5.96. The summed E-state index contributed by atoms with van der Waals surface area (Å²) in [5.41, 5.74) is -0.190. The Kier molecular flexibility index (Phi) is 7.19. The fraction of sp³-hybridized carbons (Fsp3) is 0.333. The van der Waals surface area contributed by atoms with Crippen molar-refractivity contribution in [2.24, 2.45) is 5.41 Å². The third kappa shape index (κ3) is 5.21. The van der Waals surface area contributed by atoms with E-state index in [2.05, 4.69) is 10.3 Å². The number of para-hydroxylation sites is 1. The van der Waals surface area contributed by atoms with Crippen LogP contribution in [0.4, 0.5) is 15.8 Å². The topological polar surface area (TPSA) is 122 Å². The van der Waals surface area contributed by atoms with Gasteiger partial charge in [-0.05, 0) is 49.9 Å². The number of phenolic OH excluding ortho intramolecular Hbond substituents is 1. The first-order valence-corrected chi connectivity index (χ1v) is 14.8. The van der Waals surface area contributed by atoms with E-state index >= 15 is 4.39 Å². The van der Waals surface area contributed by atoms with Crippen molar-refractivity contribution in [3.63, 3.8) is 0 Å². The summed E-state index contributed by atoms with van der Waals surface area (Å²) in [4.78, 5) is 19.6. The Bertz CT molecular complexity index is 1710. The first kappa shape index (κ1) is 28.4. The molecular formula is C30H32FN3O6S. The van der Waals surface area contributed by atoms with Gasteiger partial charge >= 0.3 is 0 Å². The smallest absolute Gasteiger partial charge is 0.281 e. The van der Waals surface area contributed by atoms with Gasteiger partial charge in [0.1, 0.15) is 41.4 Å². The maximum atomic E-state index is 16.1. The van der Waals surface area contributed by atoms with Crippen LogP contribution in [-0.4, -0.2) is 36.8 Å². The highest BCUT2D eigenvalue weighted by Crippen LogP contribution is 2.52. The van der Waals surface area contributed by atoms with Gasteiger partial charge in [-0.2, -0.15) is 0 Å². The zero-order valence-electron chi connectivity index (χ0n) is 23.5.